The summed E-state index contributed by atoms with van der Waals surface area (Å²) in [7, 11) is -2.74. The Balaban J connectivity index is 2.02. The largest absolute Gasteiger partial charge is 0.497 e. The fourth-order valence-electron chi connectivity index (χ4n) is 3.82. The maximum Gasteiger partial charge on any atom is 0.264 e. The molecule has 0 aliphatic carbocycles. The maximum atomic E-state index is 13.9. The average Bonchev–Trinajstić information content (AvgIpc) is 2.95. The lowest BCUT2D eigenvalue weighted by Crippen LogP contribution is -2.51. The molecule has 40 heavy (non-hydrogen) atoms. The number of carbonyl (C=O) groups is 2. The molecule has 0 radical (unpaired) electrons. The SMILES string of the molecule is CCCNC(=O)[C@@H](C)N(Cc1ccc(Cl)c(Cl)c1)C(=O)CN(c1ccc(Cl)cc1)S(=O)(=O)c1ccc(OC)cc1. The second kappa shape index (κ2) is 14.1. The summed E-state index contributed by atoms with van der Waals surface area (Å²) in [4.78, 5) is 28.1. The molecule has 3 aromatic carbocycles. The van der Waals surface area contributed by atoms with E-state index < -0.39 is 28.5 Å². The minimum Gasteiger partial charge on any atom is -0.497 e. The summed E-state index contributed by atoms with van der Waals surface area (Å²) in [5, 5.41) is 3.83. The number of nitrogens with one attached hydrogen (secondary N) is 1. The zero-order valence-corrected chi connectivity index (χ0v) is 25.3. The van der Waals surface area contributed by atoms with Gasteiger partial charge in [-0.3, -0.25) is 13.9 Å². The van der Waals surface area contributed by atoms with Gasteiger partial charge in [-0.1, -0.05) is 47.8 Å². The monoisotopic (exact) mass is 625 g/mol. The van der Waals surface area contributed by atoms with Crippen molar-refractivity contribution in [2.45, 2.75) is 37.8 Å². The Labute approximate surface area is 249 Å². The van der Waals surface area contributed by atoms with E-state index in [1.165, 1.54) is 60.5 Å². The van der Waals surface area contributed by atoms with Gasteiger partial charge in [-0.05, 0) is 79.6 Å². The molecule has 1 atom stereocenters. The molecule has 12 heteroatoms. The molecule has 0 heterocycles. The quantitative estimate of drug-likeness (QED) is 0.274. The van der Waals surface area contributed by atoms with Crippen LogP contribution in [0.4, 0.5) is 5.69 Å². The van der Waals surface area contributed by atoms with Crippen LogP contribution in [0.2, 0.25) is 15.1 Å². The highest BCUT2D eigenvalue weighted by molar-refractivity contribution is 7.92. The van der Waals surface area contributed by atoms with Crippen molar-refractivity contribution in [1.29, 1.82) is 0 Å². The van der Waals surface area contributed by atoms with Gasteiger partial charge in [0.1, 0.15) is 18.3 Å². The number of hydrogen-bond donors (Lipinski definition) is 1. The van der Waals surface area contributed by atoms with Crippen LogP contribution >= 0.6 is 34.8 Å². The van der Waals surface area contributed by atoms with Crippen LogP contribution in [0, 0.1) is 0 Å². The van der Waals surface area contributed by atoms with Gasteiger partial charge in [0.25, 0.3) is 10.0 Å². The molecule has 214 valence electrons. The molecule has 0 saturated carbocycles. The third-order valence-electron chi connectivity index (χ3n) is 6.09. The van der Waals surface area contributed by atoms with Gasteiger partial charge in [-0.15, -0.1) is 0 Å². The molecule has 1 N–H and O–H groups in total. The predicted octanol–water partition coefficient (Wildman–Crippen LogP) is 5.79. The first-order valence-corrected chi connectivity index (χ1v) is 15.0. The Morgan fingerprint density at radius 2 is 1.60 bits per heavy atom. The van der Waals surface area contributed by atoms with Crippen molar-refractivity contribution in [3.8, 4) is 5.75 Å². The van der Waals surface area contributed by atoms with Gasteiger partial charge in [-0.2, -0.15) is 0 Å². The van der Waals surface area contributed by atoms with Crippen molar-refractivity contribution in [3.05, 3.63) is 87.4 Å². The number of benzene rings is 3. The van der Waals surface area contributed by atoms with E-state index in [2.05, 4.69) is 5.32 Å². The first-order chi connectivity index (χ1) is 19.0. The Morgan fingerprint density at radius 1 is 0.950 bits per heavy atom. The number of methoxy groups -OCH3 is 1. The Kier molecular flexibility index (Phi) is 11.1. The molecule has 0 unspecified atom stereocenters. The molecule has 0 bridgehead atoms. The topological polar surface area (TPSA) is 96.0 Å². The van der Waals surface area contributed by atoms with Crippen LogP contribution in [0.3, 0.4) is 0 Å². The highest BCUT2D eigenvalue weighted by Crippen LogP contribution is 2.28. The third-order valence-corrected chi connectivity index (χ3v) is 8.87. The number of sulfonamides is 1. The second-order valence-electron chi connectivity index (χ2n) is 8.90. The van der Waals surface area contributed by atoms with Crippen LogP contribution in [0.15, 0.2) is 71.6 Å². The van der Waals surface area contributed by atoms with Gasteiger partial charge < -0.3 is 15.0 Å². The van der Waals surface area contributed by atoms with Crippen LogP contribution in [-0.4, -0.2) is 51.4 Å². The minimum absolute atomic E-state index is 0.00647. The number of hydrogen-bond acceptors (Lipinski definition) is 5. The first-order valence-electron chi connectivity index (χ1n) is 12.4. The van der Waals surface area contributed by atoms with E-state index in [0.717, 1.165) is 4.31 Å². The predicted molar refractivity (Wildman–Crippen MR) is 159 cm³/mol. The van der Waals surface area contributed by atoms with Gasteiger partial charge >= 0.3 is 0 Å². The van der Waals surface area contributed by atoms with Crippen LogP contribution in [0.5, 0.6) is 5.75 Å². The highest BCUT2D eigenvalue weighted by atomic mass is 35.5. The van der Waals surface area contributed by atoms with Crippen molar-refractivity contribution in [1.82, 2.24) is 10.2 Å². The Bertz CT molecular complexity index is 1430. The first kappa shape index (κ1) is 31.5. The number of anilines is 1. The molecule has 0 aliphatic heterocycles. The van der Waals surface area contributed by atoms with E-state index in [4.69, 9.17) is 39.5 Å². The molecule has 0 spiro atoms. The van der Waals surface area contributed by atoms with E-state index in [-0.39, 0.29) is 23.0 Å². The zero-order valence-electron chi connectivity index (χ0n) is 22.2. The maximum absolute atomic E-state index is 13.9. The van der Waals surface area contributed by atoms with Gasteiger partial charge in [0.2, 0.25) is 11.8 Å². The summed E-state index contributed by atoms with van der Waals surface area (Å²) in [5.74, 6) is -0.489. The Hall–Kier alpha value is -2.98. The normalized spacial score (nSPS) is 11.9. The molecule has 0 fully saturated rings. The summed E-state index contributed by atoms with van der Waals surface area (Å²) >= 11 is 18.3. The molecule has 0 saturated heterocycles. The van der Waals surface area contributed by atoms with Gasteiger partial charge in [0.15, 0.2) is 0 Å². The van der Waals surface area contributed by atoms with Crippen LogP contribution in [0.1, 0.15) is 25.8 Å². The van der Waals surface area contributed by atoms with E-state index in [1.807, 2.05) is 6.92 Å². The summed E-state index contributed by atoms with van der Waals surface area (Å²) in [6.07, 6.45) is 0.712. The number of ether oxygens (including phenoxy) is 1. The van der Waals surface area contributed by atoms with Crippen LogP contribution in [0.25, 0.3) is 0 Å². The molecule has 3 rings (SSSR count). The number of halogens is 3. The molecule has 8 nitrogen and oxygen atoms in total. The van der Waals surface area contributed by atoms with E-state index >= 15 is 0 Å². The molecule has 2 amide bonds. The van der Waals surface area contributed by atoms with Crippen molar-refractivity contribution < 1.29 is 22.7 Å². The lowest BCUT2D eigenvalue weighted by atomic mass is 10.1. The second-order valence-corrected chi connectivity index (χ2v) is 12.0. The smallest absolute Gasteiger partial charge is 0.264 e. The van der Waals surface area contributed by atoms with Gasteiger partial charge in [-0.25, -0.2) is 8.42 Å². The lowest BCUT2D eigenvalue weighted by Gasteiger charge is -2.32. The number of amides is 2. The van der Waals surface area contributed by atoms with Crippen molar-refractivity contribution in [3.63, 3.8) is 0 Å². The summed E-state index contributed by atoms with van der Waals surface area (Å²) in [6, 6.07) is 15.9. The fraction of sp³-hybridized carbons (Fsp3) is 0.286. The van der Waals surface area contributed by atoms with Crippen molar-refractivity contribution in [2.24, 2.45) is 0 Å². The highest BCUT2D eigenvalue weighted by Gasteiger charge is 2.32. The van der Waals surface area contributed by atoms with Crippen LogP contribution < -0.4 is 14.4 Å². The number of nitrogens with zero attached hydrogens (tertiary/aromatic N) is 2. The molecule has 3 aromatic rings. The van der Waals surface area contributed by atoms with E-state index in [9.17, 15) is 18.0 Å². The van der Waals surface area contributed by atoms with E-state index in [0.29, 0.717) is 39.3 Å². The standard InChI is InChI=1S/C28H30Cl3N3O5S/c1-4-15-32-28(36)19(2)33(17-20-5-14-25(30)26(31)16-20)27(35)18-34(22-8-6-21(29)7-9-22)40(37,38)24-12-10-23(39-3)11-13-24/h5-14,16,19H,4,15,17-18H2,1-3H3,(H,32,36)/t19-/m1/s1. The number of carbonyl (C=O) groups excluding carboxylic acids is 2. The van der Waals surface area contributed by atoms with Gasteiger partial charge in [0.05, 0.1) is 27.7 Å². The Morgan fingerprint density at radius 3 is 2.17 bits per heavy atom. The van der Waals surface area contributed by atoms with Crippen LogP contribution in [-0.2, 0) is 26.2 Å². The van der Waals surface area contributed by atoms with Crippen molar-refractivity contribution in [2.75, 3.05) is 24.5 Å². The average molecular weight is 627 g/mol. The molecular weight excluding hydrogens is 597 g/mol. The minimum atomic E-state index is -4.22. The third kappa shape index (κ3) is 7.81. The fourth-order valence-corrected chi connectivity index (χ4v) is 5.69. The zero-order chi connectivity index (χ0) is 29.4. The summed E-state index contributed by atoms with van der Waals surface area (Å²) < 4.78 is 33.8. The van der Waals surface area contributed by atoms with E-state index in [1.54, 1.807) is 25.1 Å². The molecular formula is C28H30Cl3N3O5S. The van der Waals surface area contributed by atoms with Gasteiger partial charge in [0, 0.05) is 18.1 Å². The summed E-state index contributed by atoms with van der Waals surface area (Å²) in [5.41, 5.74) is 0.847. The summed E-state index contributed by atoms with van der Waals surface area (Å²) in [6.45, 7) is 3.35. The lowest BCUT2D eigenvalue weighted by molar-refractivity contribution is -0.139. The molecule has 0 aliphatic rings. The number of rotatable bonds is 12. The van der Waals surface area contributed by atoms with Crippen molar-refractivity contribution >= 4 is 62.3 Å². The molecule has 0 aromatic heterocycles.